The molecule has 0 spiro atoms. The summed E-state index contributed by atoms with van der Waals surface area (Å²) in [6, 6.07) is 16.1. The zero-order valence-electron chi connectivity index (χ0n) is 21.6. The van der Waals surface area contributed by atoms with Crippen molar-refractivity contribution < 1.29 is 22.8 Å². The summed E-state index contributed by atoms with van der Waals surface area (Å²) in [7, 11) is 1.82. The topological polar surface area (TPSA) is 132 Å². The fourth-order valence-electron chi connectivity index (χ4n) is 3.56. The van der Waals surface area contributed by atoms with Gasteiger partial charge in [0, 0.05) is 19.3 Å². The summed E-state index contributed by atoms with van der Waals surface area (Å²) >= 11 is 0.774. The Hall–Kier alpha value is -4.48. The molecular formula is C26H26F3N7O3S. The van der Waals surface area contributed by atoms with Crippen molar-refractivity contribution in [1.82, 2.24) is 19.8 Å². The van der Waals surface area contributed by atoms with Crippen LogP contribution in [0.1, 0.15) is 12.5 Å². The number of hydrogen-bond donors (Lipinski definition) is 3. The van der Waals surface area contributed by atoms with Crippen LogP contribution in [0.4, 0.5) is 24.8 Å². The van der Waals surface area contributed by atoms with Crippen molar-refractivity contribution in [2.75, 3.05) is 30.8 Å². The number of aromatic nitrogens is 2. The van der Waals surface area contributed by atoms with E-state index in [4.69, 9.17) is 0 Å². The predicted molar refractivity (Wildman–Crippen MR) is 145 cm³/mol. The molecule has 0 atom stereocenters. The third-order valence-corrected chi connectivity index (χ3v) is 6.43. The van der Waals surface area contributed by atoms with Gasteiger partial charge in [-0.15, -0.1) is 11.3 Å². The van der Waals surface area contributed by atoms with E-state index < -0.39 is 29.8 Å². The van der Waals surface area contributed by atoms with Gasteiger partial charge in [0.25, 0.3) is 11.5 Å². The van der Waals surface area contributed by atoms with Crippen LogP contribution in [0.5, 0.6) is 0 Å². The van der Waals surface area contributed by atoms with E-state index in [1.165, 1.54) is 6.20 Å². The van der Waals surface area contributed by atoms with E-state index in [1.807, 2.05) is 42.3 Å². The fourth-order valence-corrected chi connectivity index (χ4v) is 4.65. The van der Waals surface area contributed by atoms with Gasteiger partial charge in [0.05, 0.1) is 6.54 Å². The lowest BCUT2D eigenvalue weighted by Crippen LogP contribution is -2.37. The largest absolute Gasteiger partial charge is 0.405 e. The van der Waals surface area contributed by atoms with Crippen molar-refractivity contribution >= 4 is 46.6 Å². The van der Waals surface area contributed by atoms with Gasteiger partial charge in [-0.05, 0) is 31.7 Å². The lowest BCUT2D eigenvalue weighted by Gasteiger charge is -2.16. The van der Waals surface area contributed by atoms with E-state index in [0.29, 0.717) is 12.4 Å². The SMILES string of the molecule is CCn1c(=O)/c(=C\Nc2cccc(NC(=O)CN(C)Cc3ccccc3)n2)s/c1=C(/C#N)C(=O)NCC(F)(F)F. The third kappa shape index (κ3) is 8.52. The Morgan fingerprint density at radius 3 is 2.50 bits per heavy atom. The second kappa shape index (κ2) is 13.5. The Kier molecular flexibility index (Phi) is 10.2. The summed E-state index contributed by atoms with van der Waals surface area (Å²) in [4.78, 5) is 43.7. The Bertz CT molecular complexity index is 1580. The maximum atomic E-state index is 12.8. The van der Waals surface area contributed by atoms with Crippen molar-refractivity contribution in [3.8, 4) is 6.07 Å². The summed E-state index contributed by atoms with van der Waals surface area (Å²) in [6.45, 7) is 0.784. The van der Waals surface area contributed by atoms with E-state index in [-0.39, 0.29) is 34.0 Å². The summed E-state index contributed by atoms with van der Waals surface area (Å²) in [6.07, 6.45) is -3.34. The maximum absolute atomic E-state index is 12.8. The first-order valence-corrected chi connectivity index (χ1v) is 12.8. The maximum Gasteiger partial charge on any atom is 0.405 e. The van der Waals surface area contributed by atoms with Gasteiger partial charge in [-0.1, -0.05) is 36.4 Å². The number of amides is 2. The molecule has 10 nitrogen and oxygen atoms in total. The first-order valence-electron chi connectivity index (χ1n) is 12.0. The molecule has 14 heteroatoms. The molecule has 0 fully saturated rings. The summed E-state index contributed by atoms with van der Waals surface area (Å²) in [5.41, 5.74) is -0.0804. The van der Waals surface area contributed by atoms with Crippen LogP contribution in [0.3, 0.4) is 0 Å². The highest BCUT2D eigenvalue weighted by molar-refractivity contribution is 7.07. The molecular weight excluding hydrogens is 547 g/mol. The van der Waals surface area contributed by atoms with Crippen LogP contribution in [0.15, 0.2) is 53.3 Å². The zero-order chi connectivity index (χ0) is 29.3. The Labute approximate surface area is 231 Å². The number of carbonyl (C=O) groups is 2. The molecule has 2 heterocycles. The number of benzene rings is 1. The lowest BCUT2D eigenvalue weighted by atomic mass is 10.2. The number of halogens is 3. The average molecular weight is 574 g/mol. The minimum absolute atomic E-state index is 0.0729. The minimum Gasteiger partial charge on any atom is -0.345 e. The number of thiazole rings is 1. The van der Waals surface area contributed by atoms with Gasteiger partial charge >= 0.3 is 6.18 Å². The van der Waals surface area contributed by atoms with Crippen molar-refractivity contribution in [3.05, 3.63) is 73.6 Å². The standard InChI is InChI=1S/C26H26F3N7O3S/c1-3-36-24(39)19(40-25(36)18(12-30)23(38)32-16-26(27,28)29)13-31-20-10-7-11-21(33-20)34-22(37)15-35(2)14-17-8-5-4-6-9-17/h4-11,13H,3,14-16H2,1-2H3,(H,32,38)(H2,31,33,34,37)/b19-13+,25-18-. The van der Waals surface area contributed by atoms with E-state index in [9.17, 15) is 32.8 Å². The van der Waals surface area contributed by atoms with Gasteiger partial charge in [0.1, 0.15) is 33.4 Å². The molecule has 2 aromatic heterocycles. The number of carbonyl (C=O) groups excluding carboxylic acids is 2. The average Bonchev–Trinajstić information content (AvgIpc) is 3.21. The molecule has 40 heavy (non-hydrogen) atoms. The number of nitrogens with one attached hydrogen (secondary N) is 3. The van der Waals surface area contributed by atoms with Crippen molar-refractivity contribution in [1.29, 1.82) is 5.26 Å². The second-order valence-electron chi connectivity index (χ2n) is 8.51. The lowest BCUT2D eigenvalue weighted by molar-refractivity contribution is -0.135. The molecule has 210 valence electrons. The van der Waals surface area contributed by atoms with Gasteiger partial charge in [0.15, 0.2) is 5.57 Å². The van der Waals surface area contributed by atoms with Crippen LogP contribution in [-0.2, 0) is 22.7 Å². The van der Waals surface area contributed by atoms with E-state index in [1.54, 1.807) is 36.5 Å². The Balaban J connectivity index is 1.75. The fraction of sp³-hybridized carbons (Fsp3) is 0.269. The van der Waals surface area contributed by atoms with Crippen molar-refractivity contribution in [2.24, 2.45) is 0 Å². The minimum atomic E-state index is -4.65. The van der Waals surface area contributed by atoms with E-state index >= 15 is 0 Å². The highest BCUT2D eigenvalue weighted by Gasteiger charge is 2.29. The van der Waals surface area contributed by atoms with Crippen LogP contribution >= 0.6 is 11.3 Å². The third-order valence-electron chi connectivity index (χ3n) is 5.30. The first-order chi connectivity index (χ1) is 19.0. The molecule has 0 aliphatic heterocycles. The number of anilines is 2. The Morgan fingerprint density at radius 2 is 1.85 bits per heavy atom. The molecule has 0 saturated heterocycles. The van der Waals surface area contributed by atoms with Gasteiger partial charge in [0.2, 0.25) is 5.91 Å². The second-order valence-corrected chi connectivity index (χ2v) is 9.54. The first kappa shape index (κ1) is 30.1. The van der Waals surface area contributed by atoms with Crippen LogP contribution < -0.4 is 30.7 Å². The summed E-state index contributed by atoms with van der Waals surface area (Å²) in [5, 5.41) is 16.6. The number of alkyl halides is 3. The molecule has 2 amide bonds. The Morgan fingerprint density at radius 1 is 1.15 bits per heavy atom. The van der Waals surface area contributed by atoms with Gasteiger partial charge < -0.3 is 16.0 Å². The van der Waals surface area contributed by atoms with Crippen LogP contribution in [0, 0.1) is 11.3 Å². The summed E-state index contributed by atoms with van der Waals surface area (Å²) in [5.74, 6) is -0.942. The molecule has 0 bridgehead atoms. The summed E-state index contributed by atoms with van der Waals surface area (Å²) < 4.78 is 38.6. The van der Waals surface area contributed by atoms with Gasteiger partial charge in [-0.2, -0.15) is 18.4 Å². The number of rotatable bonds is 10. The van der Waals surface area contributed by atoms with Crippen LogP contribution in [0.2, 0.25) is 0 Å². The van der Waals surface area contributed by atoms with E-state index in [2.05, 4.69) is 15.6 Å². The predicted octanol–water partition coefficient (Wildman–Crippen LogP) is 1.60. The van der Waals surface area contributed by atoms with Crippen molar-refractivity contribution in [3.63, 3.8) is 0 Å². The number of hydrogen-bond acceptors (Lipinski definition) is 8. The monoisotopic (exact) mass is 573 g/mol. The molecule has 1 aromatic carbocycles. The highest BCUT2D eigenvalue weighted by atomic mass is 32.1. The molecule has 0 aliphatic carbocycles. The van der Waals surface area contributed by atoms with Crippen LogP contribution in [0.25, 0.3) is 11.8 Å². The number of likely N-dealkylation sites (N-methyl/N-ethyl adjacent to an activating group) is 1. The highest BCUT2D eigenvalue weighted by Crippen LogP contribution is 2.13. The molecule has 0 saturated carbocycles. The van der Waals surface area contributed by atoms with E-state index in [0.717, 1.165) is 21.5 Å². The molecule has 0 aliphatic rings. The zero-order valence-corrected chi connectivity index (χ0v) is 22.4. The molecule has 3 N–H and O–H groups in total. The smallest absolute Gasteiger partial charge is 0.345 e. The molecule has 3 aromatic rings. The number of nitrogens with zero attached hydrogens (tertiary/aromatic N) is 4. The number of pyridine rings is 1. The number of nitriles is 1. The normalized spacial score (nSPS) is 12.6. The molecule has 3 rings (SSSR count). The van der Waals surface area contributed by atoms with Crippen molar-refractivity contribution in [2.45, 2.75) is 26.2 Å². The quantitative estimate of drug-likeness (QED) is 0.336. The van der Waals surface area contributed by atoms with Gasteiger partial charge in [-0.25, -0.2) is 4.98 Å². The molecule has 0 radical (unpaired) electrons. The van der Waals surface area contributed by atoms with Gasteiger partial charge in [-0.3, -0.25) is 23.9 Å². The molecule has 0 unspecified atom stereocenters. The van der Waals surface area contributed by atoms with Crippen LogP contribution in [-0.4, -0.2) is 52.6 Å².